The molecule has 0 aromatic carbocycles. The van der Waals surface area contributed by atoms with E-state index in [9.17, 15) is 4.79 Å². The number of nitrogens with zero attached hydrogens (tertiary/aromatic N) is 3. The molecular weight excluding hydrogens is 220 g/mol. The van der Waals surface area contributed by atoms with Gasteiger partial charge >= 0.3 is 0 Å². The van der Waals surface area contributed by atoms with Gasteiger partial charge in [0.15, 0.2) is 0 Å². The van der Waals surface area contributed by atoms with Crippen molar-refractivity contribution in [3.63, 3.8) is 0 Å². The number of carbonyl (C=O) groups is 1. The van der Waals surface area contributed by atoms with Crippen LogP contribution in [0.3, 0.4) is 0 Å². The summed E-state index contributed by atoms with van der Waals surface area (Å²) in [6.07, 6.45) is 4.57. The highest BCUT2D eigenvalue weighted by atomic mass is 16.5. The number of amides is 1. The Bertz CT molecular complexity index is 385. The van der Waals surface area contributed by atoms with Gasteiger partial charge in [-0.3, -0.25) is 4.79 Å². The second-order valence-corrected chi connectivity index (χ2v) is 4.16. The summed E-state index contributed by atoms with van der Waals surface area (Å²) in [6, 6.07) is 0. The van der Waals surface area contributed by atoms with Gasteiger partial charge in [0.1, 0.15) is 6.10 Å². The predicted octanol–water partition coefficient (Wildman–Crippen LogP) is 0.660. The Morgan fingerprint density at radius 2 is 2.18 bits per heavy atom. The molecule has 92 valence electrons. The van der Waals surface area contributed by atoms with Crippen molar-refractivity contribution in [1.82, 2.24) is 9.97 Å². The van der Waals surface area contributed by atoms with Crippen LogP contribution in [0.4, 0.5) is 11.6 Å². The molecule has 6 nitrogen and oxygen atoms in total. The molecule has 1 amide bonds. The maximum absolute atomic E-state index is 11.7. The second-order valence-electron chi connectivity index (χ2n) is 4.16. The first-order valence-corrected chi connectivity index (χ1v) is 5.58. The Hall–Kier alpha value is -1.69. The molecule has 0 spiro atoms. The number of nitrogens with one attached hydrogen (secondary N) is 1. The summed E-state index contributed by atoms with van der Waals surface area (Å²) >= 11 is 0. The molecule has 1 fully saturated rings. The normalized spacial score (nSPS) is 19.1. The summed E-state index contributed by atoms with van der Waals surface area (Å²) in [6.45, 7) is 0.661. The van der Waals surface area contributed by atoms with Gasteiger partial charge in [0, 0.05) is 20.7 Å². The smallest absolute Gasteiger partial charge is 0.253 e. The minimum Gasteiger partial charge on any atom is -0.368 e. The van der Waals surface area contributed by atoms with Crippen LogP contribution in [0.25, 0.3) is 0 Å². The number of carbonyl (C=O) groups excluding carboxylic acids is 1. The van der Waals surface area contributed by atoms with Gasteiger partial charge in [-0.05, 0) is 12.8 Å². The first kappa shape index (κ1) is 11.8. The SMILES string of the molecule is CN(C)c1ncc(NC(=O)[C@H]2CCCO2)cn1. The molecule has 1 aliphatic heterocycles. The lowest BCUT2D eigenvalue weighted by atomic mass is 10.2. The van der Waals surface area contributed by atoms with E-state index in [4.69, 9.17) is 4.74 Å². The van der Waals surface area contributed by atoms with Gasteiger partial charge in [-0.25, -0.2) is 9.97 Å². The van der Waals surface area contributed by atoms with Gasteiger partial charge in [-0.15, -0.1) is 0 Å². The summed E-state index contributed by atoms with van der Waals surface area (Å²) in [7, 11) is 3.72. The zero-order valence-electron chi connectivity index (χ0n) is 10.0. The molecule has 1 atom stereocenters. The number of hydrogen-bond acceptors (Lipinski definition) is 5. The van der Waals surface area contributed by atoms with E-state index in [0.717, 1.165) is 12.8 Å². The molecule has 1 aromatic heterocycles. The molecule has 1 aromatic rings. The molecule has 6 heteroatoms. The van der Waals surface area contributed by atoms with Crippen molar-refractivity contribution in [3.05, 3.63) is 12.4 Å². The van der Waals surface area contributed by atoms with Gasteiger partial charge in [-0.1, -0.05) is 0 Å². The molecule has 1 N–H and O–H groups in total. The average molecular weight is 236 g/mol. The average Bonchev–Trinajstić information content (AvgIpc) is 2.83. The molecule has 2 heterocycles. The summed E-state index contributed by atoms with van der Waals surface area (Å²) in [4.78, 5) is 21.8. The second kappa shape index (κ2) is 5.09. The number of anilines is 2. The fourth-order valence-electron chi connectivity index (χ4n) is 1.62. The van der Waals surface area contributed by atoms with E-state index in [1.54, 1.807) is 17.3 Å². The minimum absolute atomic E-state index is 0.122. The third kappa shape index (κ3) is 2.91. The summed E-state index contributed by atoms with van der Waals surface area (Å²) in [5, 5.41) is 2.74. The molecule has 1 aliphatic rings. The van der Waals surface area contributed by atoms with Crippen LogP contribution in [0.2, 0.25) is 0 Å². The van der Waals surface area contributed by atoms with E-state index in [2.05, 4.69) is 15.3 Å². The van der Waals surface area contributed by atoms with Gasteiger partial charge < -0.3 is 15.0 Å². The van der Waals surface area contributed by atoms with E-state index in [1.165, 1.54) is 0 Å². The van der Waals surface area contributed by atoms with Crippen LogP contribution < -0.4 is 10.2 Å². The molecule has 17 heavy (non-hydrogen) atoms. The first-order chi connectivity index (χ1) is 8.16. The Kier molecular flexibility index (Phi) is 3.53. The molecule has 2 rings (SSSR count). The molecule has 1 saturated heterocycles. The van der Waals surface area contributed by atoms with Crippen LogP contribution in [-0.4, -0.2) is 42.7 Å². The number of rotatable bonds is 3. The molecule has 0 bridgehead atoms. The molecule has 0 saturated carbocycles. The maximum atomic E-state index is 11.7. The Labute approximate surface area is 100 Å². The summed E-state index contributed by atoms with van der Waals surface area (Å²) < 4.78 is 5.29. The van der Waals surface area contributed by atoms with Gasteiger partial charge in [-0.2, -0.15) is 0 Å². The van der Waals surface area contributed by atoms with Crippen LogP contribution >= 0.6 is 0 Å². The Balaban J connectivity index is 1.96. The third-order valence-electron chi connectivity index (χ3n) is 2.53. The third-order valence-corrected chi connectivity index (χ3v) is 2.53. The standard InChI is InChI=1S/C11H16N4O2/c1-15(2)11-12-6-8(7-13-11)14-10(16)9-4-3-5-17-9/h6-7,9H,3-5H2,1-2H3,(H,14,16)/t9-/m1/s1. The zero-order chi connectivity index (χ0) is 12.3. The Morgan fingerprint density at radius 3 is 2.71 bits per heavy atom. The highest BCUT2D eigenvalue weighted by molar-refractivity contribution is 5.94. The monoisotopic (exact) mass is 236 g/mol. The summed E-state index contributed by atoms with van der Waals surface area (Å²) in [5.74, 6) is 0.490. The van der Waals surface area contributed by atoms with Crippen molar-refractivity contribution in [2.24, 2.45) is 0 Å². The Morgan fingerprint density at radius 1 is 1.47 bits per heavy atom. The molecule has 0 aliphatic carbocycles. The van der Waals surface area contributed by atoms with Gasteiger partial charge in [0.05, 0.1) is 18.1 Å². The number of aromatic nitrogens is 2. The van der Waals surface area contributed by atoms with Gasteiger partial charge in [0.25, 0.3) is 5.91 Å². The van der Waals surface area contributed by atoms with E-state index in [0.29, 0.717) is 18.2 Å². The maximum Gasteiger partial charge on any atom is 0.253 e. The molecular formula is C11H16N4O2. The van der Waals surface area contributed by atoms with Gasteiger partial charge in [0.2, 0.25) is 5.95 Å². The molecule has 0 radical (unpaired) electrons. The van der Waals surface area contributed by atoms with E-state index < -0.39 is 0 Å². The van der Waals surface area contributed by atoms with Crippen LogP contribution in [0.1, 0.15) is 12.8 Å². The fraction of sp³-hybridized carbons (Fsp3) is 0.545. The summed E-state index contributed by atoms with van der Waals surface area (Å²) in [5.41, 5.74) is 0.594. The quantitative estimate of drug-likeness (QED) is 0.835. The van der Waals surface area contributed by atoms with E-state index in [-0.39, 0.29) is 12.0 Å². The predicted molar refractivity (Wildman–Crippen MR) is 64.0 cm³/mol. The van der Waals surface area contributed by atoms with Crippen molar-refractivity contribution in [3.8, 4) is 0 Å². The van der Waals surface area contributed by atoms with Crippen molar-refractivity contribution < 1.29 is 9.53 Å². The number of hydrogen-bond donors (Lipinski definition) is 1. The van der Waals surface area contributed by atoms with Crippen molar-refractivity contribution in [2.45, 2.75) is 18.9 Å². The lowest BCUT2D eigenvalue weighted by Crippen LogP contribution is -2.27. The van der Waals surface area contributed by atoms with Crippen LogP contribution in [0.15, 0.2) is 12.4 Å². The first-order valence-electron chi connectivity index (χ1n) is 5.58. The topological polar surface area (TPSA) is 67.4 Å². The van der Waals surface area contributed by atoms with E-state index in [1.807, 2.05) is 14.1 Å². The van der Waals surface area contributed by atoms with Crippen LogP contribution in [0.5, 0.6) is 0 Å². The highest BCUT2D eigenvalue weighted by Crippen LogP contribution is 2.14. The van der Waals surface area contributed by atoms with E-state index >= 15 is 0 Å². The van der Waals surface area contributed by atoms with Crippen molar-refractivity contribution in [2.75, 3.05) is 30.9 Å². The lowest BCUT2D eigenvalue weighted by molar-refractivity contribution is -0.124. The van der Waals surface area contributed by atoms with Crippen molar-refractivity contribution >= 4 is 17.5 Å². The zero-order valence-corrected chi connectivity index (χ0v) is 10.0. The van der Waals surface area contributed by atoms with Crippen LogP contribution in [0, 0.1) is 0 Å². The minimum atomic E-state index is -0.330. The highest BCUT2D eigenvalue weighted by Gasteiger charge is 2.23. The lowest BCUT2D eigenvalue weighted by Gasteiger charge is -2.12. The fourth-order valence-corrected chi connectivity index (χ4v) is 1.62. The number of ether oxygens (including phenoxy) is 1. The van der Waals surface area contributed by atoms with Crippen molar-refractivity contribution in [1.29, 1.82) is 0 Å². The van der Waals surface area contributed by atoms with Crippen LogP contribution in [-0.2, 0) is 9.53 Å². The molecule has 0 unspecified atom stereocenters. The largest absolute Gasteiger partial charge is 0.368 e.